The van der Waals surface area contributed by atoms with Crippen LogP contribution in [0.2, 0.25) is 0 Å². The van der Waals surface area contributed by atoms with Crippen molar-refractivity contribution in [1.29, 1.82) is 0 Å². The standard InChI is InChI=1S/C29H42F3NO/c1-3-5-7-9-11-13-21-34-27-20-18-25(28(31)29(27)32)26-19-16-23(22-33-26)15-17-24(30)14-12-10-8-6-4-2/h16,18-20,22,24H,3-15,17,21H2,1-2H3. The Hall–Kier alpha value is -2.04. The lowest BCUT2D eigenvalue weighted by Gasteiger charge is -2.11. The quantitative estimate of drug-likeness (QED) is 0.199. The van der Waals surface area contributed by atoms with Crippen molar-refractivity contribution in [1.82, 2.24) is 4.98 Å². The summed E-state index contributed by atoms with van der Waals surface area (Å²) in [4.78, 5) is 4.30. The van der Waals surface area contributed by atoms with Gasteiger partial charge in [-0.3, -0.25) is 4.98 Å². The van der Waals surface area contributed by atoms with Crippen LogP contribution in [0.4, 0.5) is 13.2 Å². The molecule has 0 bridgehead atoms. The number of aromatic nitrogens is 1. The van der Waals surface area contributed by atoms with E-state index in [0.717, 1.165) is 37.7 Å². The minimum absolute atomic E-state index is 0.0601. The van der Waals surface area contributed by atoms with Crippen LogP contribution in [0.3, 0.4) is 0 Å². The molecule has 0 N–H and O–H groups in total. The largest absolute Gasteiger partial charge is 0.490 e. The molecule has 0 spiro atoms. The van der Waals surface area contributed by atoms with Gasteiger partial charge < -0.3 is 4.74 Å². The van der Waals surface area contributed by atoms with Gasteiger partial charge >= 0.3 is 0 Å². The molecule has 1 aromatic heterocycles. The molecule has 2 nitrogen and oxygen atoms in total. The Balaban J connectivity index is 1.81. The van der Waals surface area contributed by atoms with Gasteiger partial charge in [0.15, 0.2) is 11.6 Å². The summed E-state index contributed by atoms with van der Waals surface area (Å²) in [7, 11) is 0. The van der Waals surface area contributed by atoms with E-state index < -0.39 is 17.8 Å². The molecule has 1 aromatic carbocycles. The van der Waals surface area contributed by atoms with Gasteiger partial charge in [0, 0.05) is 11.8 Å². The van der Waals surface area contributed by atoms with Crippen molar-refractivity contribution in [2.75, 3.05) is 6.61 Å². The van der Waals surface area contributed by atoms with Crippen LogP contribution in [0, 0.1) is 11.6 Å². The molecule has 2 aromatic rings. The van der Waals surface area contributed by atoms with Crippen LogP contribution in [0.1, 0.15) is 103 Å². The fraction of sp³-hybridized carbons (Fsp3) is 0.621. The molecule has 1 atom stereocenters. The summed E-state index contributed by atoms with van der Waals surface area (Å²) in [6.45, 7) is 4.72. The molecule has 0 saturated heterocycles. The van der Waals surface area contributed by atoms with Crippen LogP contribution >= 0.6 is 0 Å². The van der Waals surface area contributed by atoms with Gasteiger partial charge in [-0.2, -0.15) is 4.39 Å². The van der Waals surface area contributed by atoms with E-state index in [4.69, 9.17) is 4.74 Å². The molecule has 2 rings (SSSR count). The molecule has 1 heterocycles. The highest BCUT2D eigenvalue weighted by Gasteiger charge is 2.17. The van der Waals surface area contributed by atoms with Crippen molar-refractivity contribution in [2.24, 2.45) is 0 Å². The number of hydrogen-bond acceptors (Lipinski definition) is 2. The Bertz CT molecular complexity index is 810. The molecule has 1 unspecified atom stereocenters. The Morgan fingerprint density at radius 1 is 0.765 bits per heavy atom. The molecule has 0 radical (unpaired) electrons. The maximum atomic E-state index is 14.7. The normalized spacial score (nSPS) is 12.1. The molecule has 5 heteroatoms. The van der Waals surface area contributed by atoms with Crippen LogP contribution < -0.4 is 4.74 Å². The molecular weight excluding hydrogens is 435 g/mol. The van der Waals surface area contributed by atoms with Crippen molar-refractivity contribution in [3.05, 3.63) is 47.7 Å². The summed E-state index contributed by atoms with van der Waals surface area (Å²) in [5.74, 6) is -1.99. The number of hydrogen-bond donors (Lipinski definition) is 0. The van der Waals surface area contributed by atoms with Crippen LogP contribution in [-0.4, -0.2) is 17.8 Å². The molecule has 190 valence electrons. The fourth-order valence-electron chi connectivity index (χ4n) is 4.07. The number of aryl methyl sites for hydroxylation is 1. The number of nitrogens with zero attached hydrogens (tertiary/aromatic N) is 1. The third kappa shape index (κ3) is 10.1. The maximum Gasteiger partial charge on any atom is 0.201 e. The number of unbranched alkanes of at least 4 members (excludes halogenated alkanes) is 9. The van der Waals surface area contributed by atoms with Gasteiger partial charge in [0.2, 0.25) is 5.82 Å². The predicted molar refractivity (Wildman–Crippen MR) is 135 cm³/mol. The second kappa shape index (κ2) is 16.6. The Labute approximate surface area is 204 Å². The number of alkyl halides is 1. The van der Waals surface area contributed by atoms with Crippen molar-refractivity contribution >= 4 is 0 Å². The van der Waals surface area contributed by atoms with E-state index in [1.54, 1.807) is 12.3 Å². The van der Waals surface area contributed by atoms with Gasteiger partial charge in [-0.25, -0.2) is 8.78 Å². The number of pyridine rings is 1. The van der Waals surface area contributed by atoms with Gasteiger partial charge in [-0.1, -0.05) is 84.1 Å². The Morgan fingerprint density at radius 3 is 2.12 bits per heavy atom. The summed E-state index contributed by atoms with van der Waals surface area (Å²) < 4.78 is 48.8. The highest BCUT2D eigenvalue weighted by Crippen LogP contribution is 2.29. The molecule has 0 amide bonds. The summed E-state index contributed by atoms with van der Waals surface area (Å²) in [6.07, 6.45) is 14.7. The number of benzene rings is 1. The molecule has 34 heavy (non-hydrogen) atoms. The second-order valence-electron chi connectivity index (χ2n) is 9.25. The minimum atomic E-state index is -0.978. The third-order valence-corrected chi connectivity index (χ3v) is 6.27. The van der Waals surface area contributed by atoms with Gasteiger partial charge in [-0.15, -0.1) is 0 Å². The summed E-state index contributed by atoms with van der Waals surface area (Å²) in [6, 6.07) is 6.46. The number of halogens is 3. The first kappa shape index (κ1) is 28.2. The summed E-state index contributed by atoms with van der Waals surface area (Å²) >= 11 is 0. The molecular formula is C29H42F3NO. The first-order chi connectivity index (χ1) is 16.6. The fourth-order valence-corrected chi connectivity index (χ4v) is 4.07. The topological polar surface area (TPSA) is 22.1 Å². The van der Waals surface area contributed by atoms with Gasteiger partial charge in [0.1, 0.15) is 6.17 Å². The van der Waals surface area contributed by atoms with E-state index in [-0.39, 0.29) is 11.3 Å². The zero-order valence-corrected chi connectivity index (χ0v) is 21.1. The number of rotatable bonds is 18. The van der Waals surface area contributed by atoms with Crippen molar-refractivity contribution in [3.63, 3.8) is 0 Å². The second-order valence-corrected chi connectivity index (χ2v) is 9.25. The zero-order chi connectivity index (χ0) is 24.6. The zero-order valence-electron chi connectivity index (χ0n) is 21.1. The van der Waals surface area contributed by atoms with Crippen molar-refractivity contribution < 1.29 is 17.9 Å². The summed E-state index contributed by atoms with van der Waals surface area (Å²) in [5.41, 5.74) is 1.36. The lowest BCUT2D eigenvalue weighted by molar-refractivity contribution is 0.285. The minimum Gasteiger partial charge on any atom is -0.490 e. The molecule has 0 aliphatic rings. The van der Waals surface area contributed by atoms with Gasteiger partial charge in [0.25, 0.3) is 0 Å². The van der Waals surface area contributed by atoms with Crippen molar-refractivity contribution in [3.8, 4) is 17.0 Å². The third-order valence-electron chi connectivity index (χ3n) is 6.27. The Morgan fingerprint density at radius 2 is 1.44 bits per heavy atom. The average Bonchev–Trinajstić information content (AvgIpc) is 2.85. The van der Waals surface area contributed by atoms with Crippen LogP contribution in [-0.2, 0) is 6.42 Å². The van der Waals surface area contributed by atoms with E-state index in [1.807, 2.05) is 6.07 Å². The molecule has 0 aliphatic carbocycles. The van der Waals surface area contributed by atoms with E-state index in [0.29, 0.717) is 31.6 Å². The monoisotopic (exact) mass is 477 g/mol. The molecule has 0 fully saturated rings. The van der Waals surface area contributed by atoms with Gasteiger partial charge in [0.05, 0.1) is 12.3 Å². The first-order valence-corrected chi connectivity index (χ1v) is 13.3. The van der Waals surface area contributed by atoms with E-state index in [1.165, 1.54) is 50.7 Å². The highest BCUT2D eigenvalue weighted by molar-refractivity contribution is 5.61. The average molecular weight is 478 g/mol. The van der Waals surface area contributed by atoms with E-state index in [9.17, 15) is 13.2 Å². The van der Waals surface area contributed by atoms with Crippen LogP contribution in [0.15, 0.2) is 30.5 Å². The molecule has 0 aliphatic heterocycles. The smallest absolute Gasteiger partial charge is 0.201 e. The maximum absolute atomic E-state index is 14.7. The SMILES string of the molecule is CCCCCCCCOc1ccc(-c2ccc(CCC(F)CCCCCCC)cn2)c(F)c1F. The highest BCUT2D eigenvalue weighted by atomic mass is 19.2. The van der Waals surface area contributed by atoms with Crippen LogP contribution in [0.25, 0.3) is 11.3 Å². The van der Waals surface area contributed by atoms with E-state index in [2.05, 4.69) is 18.8 Å². The van der Waals surface area contributed by atoms with E-state index >= 15 is 0 Å². The predicted octanol–water partition coefficient (Wildman–Crippen LogP) is 9.40. The Kier molecular flexibility index (Phi) is 13.7. The number of ether oxygens (including phenoxy) is 1. The van der Waals surface area contributed by atoms with Gasteiger partial charge in [-0.05, 0) is 49.4 Å². The van der Waals surface area contributed by atoms with Crippen LogP contribution in [0.5, 0.6) is 5.75 Å². The summed E-state index contributed by atoms with van der Waals surface area (Å²) in [5, 5.41) is 0. The molecule has 0 saturated carbocycles. The first-order valence-electron chi connectivity index (χ1n) is 13.3. The van der Waals surface area contributed by atoms with Crippen molar-refractivity contribution in [2.45, 2.75) is 110 Å². The lowest BCUT2D eigenvalue weighted by atomic mass is 10.0. The lowest BCUT2D eigenvalue weighted by Crippen LogP contribution is -2.03.